The molecule has 11 atom stereocenters. The van der Waals surface area contributed by atoms with Crippen LogP contribution >= 0.6 is 35.3 Å². The first-order valence-corrected chi connectivity index (χ1v) is 15.2. The highest BCUT2D eigenvalue weighted by molar-refractivity contribution is 7.10. The third-order valence-corrected chi connectivity index (χ3v) is 9.17. The van der Waals surface area contributed by atoms with E-state index in [-0.39, 0.29) is 18.4 Å². The summed E-state index contributed by atoms with van der Waals surface area (Å²) in [6.45, 7) is 0.241. The van der Waals surface area contributed by atoms with Crippen molar-refractivity contribution in [2.45, 2.75) is 80.4 Å². The maximum atomic E-state index is 12.3. The number of methoxy groups -OCH3 is 1. The molecule has 8 N–H and O–H groups in total. The highest BCUT2D eigenvalue weighted by Gasteiger charge is 2.50. The molecule has 3 aliphatic heterocycles. The Kier molecular flexibility index (Phi) is 14.4. The molecule has 0 saturated carbocycles. The molecule has 254 valence electrons. The Hall–Kier alpha value is -1.51. The predicted molar refractivity (Wildman–Crippen MR) is 161 cm³/mol. The standard InChI is InChI=1S/C16H16ClNO2S.C12H22O11.ClH/c1-20-16(19)15(12-4-2-3-5-13(12)17)18-8-6-14-11(10-18)7-9-21-14;13-1-3-5(15)6(16)9(19)12(22-3)23-10-4(2-14)21-11(20)8(18)7(10)17;/h2-5,7,9,15H,6,8,10H2,1H3;3-20H,1-2H2;1H/t15-;3-,4-,5+,6+,7-,8-,9-,10-,11-,12+;/m01./s1. The van der Waals surface area contributed by atoms with Gasteiger partial charge in [0, 0.05) is 23.0 Å². The number of hydrogen-bond acceptors (Lipinski definition) is 15. The lowest BCUT2D eigenvalue weighted by Gasteiger charge is -2.45. The fourth-order valence-corrected chi connectivity index (χ4v) is 6.47. The first-order chi connectivity index (χ1) is 21.0. The molecule has 0 radical (unpaired) electrons. The van der Waals surface area contributed by atoms with Gasteiger partial charge in [-0.15, -0.1) is 23.7 Å². The number of rotatable bonds is 7. The largest absolute Gasteiger partial charge is 0.468 e. The molecular formula is C28H39Cl2NO13S. The number of carbonyl (C=O) groups is 1. The van der Waals surface area contributed by atoms with Crippen molar-refractivity contribution < 1.29 is 64.6 Å². The maximum absolute atomic E-state index is 12.3. The second kappa shape index (κ2) is 17.1. The quantitative estimate of drug-likeness (QED) is 0.158. The number of hydrogen-bond donors (Lipinski definition) is 8. The molecule has 2 fully saturated rings. The van der Waals surface area contributed by atoms with Gasteiger partial charge in [0.2, 0.25) is 0 Å². The van der Waals surface area contributed by atoms with E-state index in [1.54, 1.807) is 11.3 Å². The van der Waals surface area contributed by atoms with Gasteiger partial charge in [-0.1, -0.05) is 29.8 Å². The number of halogens is 2. The lowest BCUT2D eigenvalue weighted by atomic mass is 9.97. The predicted octanol–water partition coefficient (Wildman–Crippen LogP) is -1.30. The third-order valence-electron chi connectivity index (χ3n) is 7.81. The van der Waals surface area contributed by atoms with Crippen LogP contribution in [0.1, 0.15) is 22.0 Å². The smallest absolute Gasteiger partial charge is 0.327 e. The van der Waals surface area contributed by atoms with Gasteiger partial charge in [-0.3, -0.25) is 4.90 Å². The van der Waals surface area contributed by atoms with Gasteiger partial charge in [-0.2, -0.15) is 0 Å². The fourth-order valence-electron chi connectivity index (χ4n) is 5.34. The van der Waals surface area contributed by atoms with E-state index >= 15 is 0 Å². The second-order valence-electron chi connectivity index (χ2n) is 10.6. The maximum Gasteiger partial charge on any atom is 0.327 e. The van der Waals surface area contributed by atoms with E-state index in [0.717, 1.165) is 25.1 Å². The van der Waals surface area contributed by atoms with Crippen molar-refractivity contribution in [3.05, 3.63) is 56.7 Å². The van der Waals surface area contributed by atoms with E-state index in [9.17, 15) is 40.5 Å². The minimum Gasteiger partial charge on any atom is -0.468 e. The van der Waals surface area contributed by atoms with E-state index < -0.39 is 80.7 Å². The van der Waals surface area contributed by atoms with Crippen molar-refractivity contribution in [3.63, 3.8) is 0 Å². The Bertz CT molecular complexity index is 1220. The van der Waals surface area contributed by atoms with Crippen LogP contribution in [0, 0.1) is 0 Å². The van der Waals surface area contributed by atoms with Crippen LogP contribution in [0.15, 0.2) is 35.7 Å². The van der Waals surface area contributed by atoms with E-state index in [1.807, 2.05) is 24.3 Å². The summed E-state index contributed by atoms with van der Waals surface area (Å²) in [5, 5.41) is 79.2. The summed E-state index contributed by atoms with van der Waals surface area (Å²) in [6, 6.07) is 9.16. The summed E-state index contributed by atoms with van der Waals surface area (Å²) in [5.74, 6) is -0.262. The number of benzene rings is 1. The molecule has 1 aromatic carbocycles. The molecule has 1 aromatic heterocycles. The first-order valence-electron chi connectivity index (χ1n) is 13.9. The molecule has 4 heterocycles. The Morgan fingerprint density at radius 1 is 0.978 bits per heavy atom. The number of esters is 1. The summed E-state index contributed by atoms with van der Waals surface area (Å²) in [7, 11) is 1.42. The van der Waals surface area contributed by atoms with Gasteiger partial charge in [-0.05, 0) is 35.1 Å². The number of nitrogens with zero attached hydrogens (tertiary/aromatic N) is 1. The van der Waals surface area contributed by atoms with E-state index in [0.29, 0.717) is 5.02 Å². The van der Waals surface area contributed by atoms with E-state index in [4.69, 9.17) is 35.7 Å². The van der Waals surface area contributed by atoms with E-state index in [2.05, 4.69) is 16.3 Å². The van der Waals surface area contributed by atoms with Gasteiger partial charge in [0.15, 0.2) is 12.6 Å². The van der Waals surface area contributed by atoms with Gasteiger partial charge in [0.05, 0.1) is 20.3 Å². The SMILES string of the molecule is COC(=O)[C@H](c1ccccc1Cl)N1CCc2sccc2C1.Cl.OC[C@H]1O[C@@H](O[C@H]2[C@H](O)[C@@H](O)[C@H](O)O[C@@H]2CO)[C@H](O)[C@@H](O)[C@H]1O. The van der Waals surface area contributed by atoms with E-state index in [1.165, 1.54) is 17.6 Å². The van der Waals surface area contributed by atoms with Crippen LogP contribution in [0.4, 0.5) is 0 Å². The Labute approximate surface area is 274 Å². The Morgan fingerprint density at radius 3 is 2.31 bits per heavy atom. The zero-order valence-electron chi connectivity index (χ0n) is 24.1. The summed E-state index contributed by atoms with van der Waals surface area (Å²) in [6.07, 6.45) is -14.6. The number of ether oxygens (including phenoxy) is 4. The van der Waals surface area contributed by atoms with Crippen LogP contribution in [0.3, 0.4) is 0 Å². The summed E-state index contributed by atoms with van der Waals surface area (Å²) in [5.41, 5.74) is 2.11. The molecule has 45 heavy (non-hydrogen) atoms. The van der Waals surface area contributed by atoms with Crippen LogP contribution in [0.25, 0.3) is 0 Å². The topological polar surface area (TPSA) is 219 Å². The number of aliphatic hydroxyl groups is 8. The van der Waals surface area contributed by atoms with Gasteiger partial charge < -0.3 is 59.8 Å². The van der Waals surface area contributed by atoms with Gasteiger partial charge in [0.1, 0.15) is 54.9 Å². The fraction of sp³-hybridized carbons (Fsp3) is 0.607. The highest BCUT2D eigenvalue weighted by atomic mass is 35.5. The molecule has 0 unspecified atom stereocenters. The Morgan fingerprint density at radius 2 is 1.67 bits per heavy atom. The molecule has 2 aromatic rings. The number of aliphatic hydroxyl groups excluding tert-OH is 8. The lowest BCUT2D eigenvalue weighted by molar-refractivity contribution is -0.355. The van der Waals surface area contributed by atoms with Gasteiger partial charge in [0.25, 0.3) is 0 Å². The number of thiophene rings is 1. The molecular weight excluding hydrogens is 661 g/mol. The van der Waals surface area contributed by atoms with Crippen LogP contribution in [0.2, 0.25) is 5.02 Å². The van der Waals surface area contributed by atoms with Crippen LogP contribution in [0.5, 0.6) is 0 Å². The van der Waals surface area contributed by atoms with Crippen LogP contribution in [-0.4, -0.2) is 140 Å². The van der Waals surface area contributed by atoms with Crippen molar-refractivity contribution in [3.8, 4) is 0 Å². The van der Waals surface area contributed by atoms with Crippen molar-refractivity contribution >= 4 is 41.3 Å². The molecule has 0 amide bonds. The Balaban J connectivity index is 0.000000241. The number of carbonyl (C=O) groups excluding carboxylic acids is 1. The van der Waals surface area contributed by atoms with Crippen molar-refractivity contribution in [2.24, 2.45) is 0 Å². The molecule has 5 rings (SSSR count). The summed E-state index contributed by atoms with van der Waals surface area (Å²) in [4.78, 5) is 15.8. The van der Waals surface area contributed by atoms with Crippen LogP contribution < -0.4 is 0 Å². The minimum atomic E-state index is -1.74. The molecule has 3 aliphatic rings. The lowest BCUT2D eigenvalue weighted by Crippen LogP contribution is -2.64. The van der Waals surface area contributed by atoms with Gasteiger partial charge >= 0.3 is 5.97 Å². The number of fused-ring (bicyclic) bond motifs is 1. The molecule has 17 heteroatoms. The van der Waals surface area contributed by atoms with Crippen molar-refractivity contribution in [1.82, 2.24) is 4.90 Å². The molecule has 0 spiro atoms. The molecule has 14 nitrogen and oxygen atoms in total. The molecule has 2 saturated heterocycles. The average Bonchev–Trinajstić information content (AvgIpc) is 3.50. The third kappa shape index (κ3) is 8.51. The molecule has 0 bridgehead atoms. The zero-order valence-corrected chi connectivity index (χ0v) is 26.5. The summed E-state index contributed by atoms with van der Waals surface area (Å²) >= 11 is 8.07. The highest BCUT2D eigenvalue weighted by Crippen LogP contribution is 2.34. The van der Waals surface area contributed by atoms with Crippen molar-refractivity contribution in [1.29, 1.82) is 0 Å². The van der Waals surface area contributed by atoms with Crippen molar-refractivity contribution in [2.75, 3.05) is 26.9 Å². The zero-order chi connectivity index (χ0) is 32.1. The normalized spacial score (nSPS) is 34.0. The average molecular weight is 701 g/mol. The van der Waals surface area contributed by atoms with Crippen LogP contribution in [-0.2, 0) is 36.7 Å². The van der Waals surface area contributed by atoms with Gasteiger partial charge in [-0.25, -0.2) is 4.79 Å². The monoisotopic (exact) mass is 699 g/mol. The minimum absolute atomic E-state index is 0. The molecule has 0 aliphatic carbocycles. The summed E-state index contributed by atoms with van der Waals surface area (Å²) < 4.78 is 20.3. The first kappa shape index (κ1) is 37.9. The second-order valence-corrected chi connectivity index (χ2v) is 12.0.